The van der Waals surface area contributed by atoms with Crippen LogP contribution < -0.4 is 5.73 Å². The van der Waals surface area contributed by atoms with Crippen LogP contribution in [-0.4, -0.2) is 19.8 Å². The lowest BCUT2D eigenvalue weighted by molar-refractivity contribution is -0.0647. The summed E-state index contributed by atoms with van der Waals surface area (Å²) in [5.74, 6) is -1.06. The van der Waals surface area contributed by atoms with Gasteiger partial charge in [-0.05, 0) is 24.6 Å². The van der Waals surface area contributed by atoms with Crippen LogP contribution >= 0.6 is 0 Å². The lowest BCUT2D eigenvalue weighted by atomic mass is 9.75. The van der Waals surface area contributed by atoms with E-state index in [1.54, 1.807) is 0 Å². The minimum atomic E-state index is -0.556. The molecule has 0 spiro atoms. The maximum absolute atomic E-state index is 13.6. The van der Waals surface area contributed by atoms with Gasteiger partial charge >= 0.3 is 0 Å². The van der Waals surface area contributed by atoms with Gasteiger partial charge in [0.2, 0.25) is 0 Å². The second-order valence-corrected chi connectivity index (χ2v) is 3.94. The normalized spacial score (nSPS) is 18.6. The van der Waals surface area contributed by atoms with Crippen LogP contribution in [0.25, 0.3) is 0 Å². The van der Waals surface area contributed by atoms with Gasteiger partial charge in [0.25, 0.3) is 0 Å². The quantitative estimate of drug-likeness (QED) is 0.827. The van der Waals surface area contributed by atoms with Gasteiger partial charge in [-0.25, -0.2) is 8.78 Å². The molecule has 0 aliphatic carbocycles. The van der Waals surface area contributed by atoms with Crippen LogP contribution in [0.2, 0.25) is 0 Å². The minimum Gasteiger partial charge on any atom is -0.379 e. The molecule has 2 rings (SSSR count). The number of halogens is 2. The SMILES string of the molecule is NCCC1(c2ccc(F)cc2F)COC1. The molecular weight excluding hydrogens is 200 g/mol. The molecule has 0 bridgehead atoms. The summed E-state index contributed by atoms with van der Waals surface area (Å²) in [6.07, 6.45) is 0.662. The maximum Gasteiger partial charge on any atom is 0.130 e. The van der Waals surface area contributed by atoms with E-state index in [0.29, 0.717) is 31.7 Å². The van der Waals surface area contributed by atoms with Gasteiger partial charge in [0.1, 0.15) is 11.6 Å². The molecule has 4 heteroatoms. The van der Waals surface area contributed by atoms with Crippen molar-refractivity contribution in [2.24, 2.45) is 5.73 Å². The molecule has 0 atom stereocenters. The number of nitrogens with two attached hydrogens (primary N) is 1. The van der Waals surface area contributed by atoms with Crippen molar-refractivity contribution in [3.8, 4) is 0 Å². The van der Waals surface area contributed by atoms with Gasteiger partial charge in [-0.3, -0.25) is 0 Å². The van der Waals surface area contributed by atoms with Crippen molar-refractivity contribution >= 4 is 0 Å². The van der Waals surface area contributed by atoms with Crippen LogP contribution in [0.1, 0.15) is 12.0 Å². The monoisotopic (exact) mass is 213 g/mol. The second-order valence-electron chi connectivity index (χ2n) is 3.94. The number of rotatable bonds is 3. The van der Waals surface area contributed by atoms with Gasteiger partial charge in [0.05, 0.1) is 13.2 Å². The van der Waals surface area contributed by atoms with Gasteiger partial charge in [-0.15, -0.1) is 0 Å². The fourth-order valence-corrected chi connectivity index (χ4v) is 1.98. The number of benzene rings is 1. The summed E-state index contributed by atoms with van der Waals surface area (Å²) in [4.78, 5) is 0. The zero-order valence-corrected chi connectivity index (χ0v) is 8.30. The van der Waals surface area contributed by atoms with Crippen LogP contribution in [0.15, 0.2) is 18.2 Å². The lowest BCUT2D eigenvalue weighted by Crippen LogP contribution is -2.48. The van der Waals surface area contributed by atoms with Crippen LogP contribution in [0.4, 0.5) is 8.78 Å². The Hall–Kier alpha value is -1.00. The molecule has 1 saturated heterocycles. The second kappa shape index (κ2) is 3.87. The van der Waals surface area contributed by atoms with E-state index < -0.39 is 11.6 Å². The van der Waals surface area contributed by atoms with E-state index in [-0.39, 0.29) is 5.41 Å². The number of hydrogen-bond acceptors (Lipinski definition) is 2. The van der Waals surface area contributed by atoms with E-state index in [1.165, 1.54) is 12.1 Å². The van der Waals surface area contributed by atoms with E-state index in [1.807, 2.05) is 0 Å². The van der Waals surface area contributed by atoms with Crippen molar-refractivity contribution in [1.29, 1.82) is 0 Å². The summed E-state index contributed by atoms with van der Waals surface area (Å²) in [6.45, 7) is 1.40. The first-order valence-electron chi connectivity index (χ1n) is 4.91. The van der Waals surface area contributed by atoms with Gasteiger partial charge in [-0.2, -0.15) is 0 Å². The molecular formula is C11H13F2NO. The fraction of sp³-hybridized carbons (Fsp3) is 0.455. The highest BCUT2D eigenvalue weighted by atomic mass is 19.1. The molecule has 82 valence electrons. The largest absolute Gasteiger partial charge is 0.379 e. The highest BCUT2D eigenvalue weighted by Gasteiger charge is 2.41. The molecule has 1 fully saturated rings. The van der Waals surface area contributed by atoms with Crippen LogP contribution in [-0.2, 0) is 10.2 Å². The van der Waals surface area contributed by atoms with Gasteiger partial charge in [-0.1, -0.05) is 6.07 Å². The third-order valence-corrected chi connectivity index (χ3v) is 2.88. The topological polar surface area (TPSA) is 35.2 Å². The Balaban J connectivity index is 2.34. The van der Waals surface area contributed by atoms with E-state index in [0.717, 1.165) is 6.07 Å². The summed E-state index contributed by atoms with van der Waals surface area (Å²) in [5.41, 5.74) is 5.66. The van der Waals surface area contributed by atoms with E-state index in [4.69, 9.17) is 10.5 Å². The van der Waals surface area contributed by atoms with Crippen molar-refractivity contribution in [3.63, 3.8) is 0 Å². The van der Waals surface area contributed by atoms with Crippen molar-refractivity contribution in [2.75, 3.05) is 19.8 Å². The zero-order chi connectivity index (χ0) is 10.9. The van der Waals surface area contributed by atoms with E-state index in [2.05, 4.69) is 0 Å². The fourth-order valence-electron chi connectivity index (χ4n) is 1.98. The molecule has 15 heavy (non-hydrogen) atoms. The van der Waals surface area contributed by atoms with Gasteiger partial charge in [0, 0.05) is 11.5 Å². The average Bonchev–Trinajstić information content (AvgIpc) is 2.12. The first-order chi connectivity index (χ1) is 7.18. The molecule has 0 aromatic heterocycles. The van der Waals surface area contributed by atoms with Crippen molar-refractivity contribution < 1.29 is 13.5 Å². The van der Waals surface area contributed by atoms with Crippen LogP contribution in [0.3, 0.4) is 0 Å². The Morgan fingerprint density at radius 2 is 2.07 bits per heavy atom. The van der Waals surface area contributed by atoms with E-state index in [9.17, 15) is 8.78 Å². The Morgan fingerprint density at radius 3 is 2.53 bits per heavy atom. The summed E-state index contributed by atoms with van der Waals surface area (Å²) in [7, 11) is 0. The van der Waals surface area contributed by atoms with Crippen LogP contribution in [0.5, 0.6) is 0 Å². The summed E-state index contributed by atoms with van der Waals surface area (Å²) >= 11 is 0. The number of ether oxygens (including phenoxy) is 1. The molecule has 0 saturated carbocycles. The summed E-state index contributed by atoms with van der Waals surface area (Å²) in [5, 5.41) is 0. The standard InChI is InChI=1S/C11H13F2NO/c12-8-1-2-9(10(13)5-8)11(3-4-14)6-15-7-11/h1-2,5H,3-4,6-7,14H2. The molecule has 1 aliphatic heterocycles. The summed E-state index contributed by atoms with van der Waals surface area (Å²) < 4.78 is 31.4. The molecule has 0 radical (unpaired) electrons. The third-order valence-electron chi connectivity index (χ3n) is 2.88. The predicted molar refractivity (Wildman–Crippen MR) is 52.5 cm³/mol. The highest BCUT2D eigenvalue weighted by molar-refractivity contribution is 5.30. The molecule has 2 nitrogen and oxygen atoms in total. The smallest absolute Gasteiger partial charge is 0.130 e. The van der Waals surface area contributed by atoms with Crippen molar-refractivity contribution in [2.45, 2.75) is 11.8 Å². The molecule has 1 aromatic carbocycles. The molecule has 2 N–H and O–H groups in total. The summed E-state index contributed by atoms with van der Waals surface area (Å²) in [6, 6.07) is 3.67. The maximum atomic E-state index is 13.6. The van der Waals surface area contributed by atoms with Gasteiger partial charge < -0.3 is 10.5 Å². The van der Waals surface area contributed by atoms with Gasteiger partial charge in [0.15, 0.2) is 0 Å². The van der Waals surface area contributed by atoms with Crippen LogP contribution in [0, 0.1) is 11.6 Å². The Bertz CT molecular complexity index is 364. The van der Waals surface area contributed by atoms with E-state index >= 15 is 0 Å². The molecule has 1 heterocycles. The first-order valence-corrected chi connectivity index (χ1v) is 4.91. The Kier molecular flexibility index (Phi) is 2.71. The van der Waals surface area contributed by atoms with Crippen molar-refractivity contribution in [3.05, 3.63) is 35.4 Å². The Morgan fingerprint density at radius 1 is 1.33 bits per heavy atom. The Labute approximate surface area is 87.0 Å². The molecule has 1 aliphatic rings. The number of hydrogen-bond donors (Lipinski definition) is 1. The molecule has 1 aromatic rings. The average molecular weight is 213 g/mol. The third kappa shape index (κ3) is 1.75. The van der Waals surface area contributed by atoms with Crippen molar-refractivity contribution in [1.82, 2.24) is 0 Å². The molecule has 0 unspecified atom stereocenters. The minimum absolute atomic E-state index is 0.341. The first kappa shape index (κ1) is 10.5. The molecule has 0 amide bonds. The highest BCUT2D eigenvalue weighted by Crippen LogP contribution is 2.36. The predicted octanol–water partition coefficient (Wildman–Crippen LogP) is 1.58. The zero-order valence-electron chi connectivity index (χ0n) is 8.30. The lowest BCUT2D eigenvalue weighted by Gasteiger charge is -2.42.